The van der Waals surface area contributed by atoms with E-state index >= 15 is 0 Å². The van der Waals surface area contributed by atoms with Gasteiger partial charge in [-0.1, -0.05) is 0 Å². The molecule has 0 N–H and O–H groups in total. The molecular formula is C14H16N2O4. The monoisotopic (exact) mass is 276 g/mol. The molecule has 2 rings (SSSR count). The molecule has 20 heavy (non-hydrogen) atoms. The van der Waals surface area contributed by atoms with E-state index in [1.807, 2.05) is 17.7 Å². The predicted molar refractivity (Wildman–Crippen MR) is 72.2 cm³/mol. The van der Waals surface area contributed by atoms with Gasteiger partial charge in [-0.25, -0.2) is 4.98 Å². The molecule has 0 bridgehead atoms. The van der Waals surface area contributed by atoms with Crippen LogP contribution in [0.3, 0.4) is 0 Å². The highest BCUT2D eigenvalue weighted by Gasteiger charge is 2.10. The lowest BCUT2D eigenvalue weighted by atomic mass is 10.3. The van der Waals surface area contributed by atoms with Gasteiger partial charge in [0, 0.05) is 13.1 Å². The van der Waals surface area contributed by atoms with Crippen LogP contribution in [0.1, 0.15) is 19.8 Å². The fourth-order valence-electron chi connectivity index (χ4n) is 1.80. The summed E-state index contributed by atoms with van der Waals surface area (Å²) in [6.07, 6.45) is 1.72. The van der Waals surface area contributed by atoms with Gasteiger partial charge in [0.15, 0.2) is 0 Å². The molecule has 0 aliphatic carbocycles. The maximum Gasteiger partial charge on any atom is 0.311 e. The summed E-state index contributed by atoms with van der Waals surface area (Å²) in [6.45, 7) is 2.03. The number of rotatable bonds is 5. The van der Waals surface area contributed by atoms with Crippen LogP contribution in [0.5, 0.6) is 5.75 Å². The number of nitrogens with zero attached hydrogens (tertiary/aromatic N) is 2. The highest BCUT2D eigenvalue weighted by Crippen LogP contribution is 2.19. The third-order valence-electron chi connectivity index (χ3n) is 2.77. The van der Waals surface area contributed by atoms with Crippen molar-refractivity contribution in [2.24, 2.45) is 7.05 Å². The van der Waals surface area contributed by atoms with Gasteiger partial charge in [-0.15, -0.1) is 0 Å². The van der Waals surface area contributed by atoms with Gasteiger partial charge in [-0.05, 0) is 19.1 Å². The first-order valence-corrected chi connectivity index (χ1v) is 6.37. The van der Waals surface area contributed by atoms with Crippen LogP contribution in [0.4, 0.5) is 0 Å². The first-order valence-electron chi connectivity index (χ1n) is 6.37. The number of esters is 2. The molecule has 106 valence electrons. The molecule has 0 amide bonds. The Kier molecular flexibility index (Phi) is 4.34. The molecule has 0 radical (unpaired) electrons. The van der Waals surface area contributed by atoms with E-state index in [1.54, 1.807) is 25.4 Å². The van der Waals surface area contributed by atoms with Crippen LogP contribution < -0.4 is 4.74 Å². The quantitative estimate of drug-likeness (QED) is 0.615. The van der Waals surface area contributed by atoms with E-state index in [4.69, 9.17) is 9.47 Å². The number of imidazole rings is 1. The second kappa shape index (κ2) is 6.18. The summed E-state index contributed by atoms with van der Waals surface area (Å²) in [5, 5.41) is 0. The standard InChI is InChI=1S/C14H16N2O4/c1-3-19-13(17)6-7-14(18)20-10-4-5-12-11(8-10)15-9-16(12)2/h4-5,8-9H,3,6-7H2,1-2H3. The van der Waals surface area contributed by atoms with Gasteiger partial charge >= 0.3 is 11.9 Å². The molecule has 0 saturated carbocycles. The zero-order valence-electron chi connectivity index (χ0n) is 11.5. The summed E-state index contributed by atoms with van der Waals surface area (Å²) >= 11 is 0. The summed E-state index contributed by atoms with van der Waals surface area (Å²) in [4.78, 5) is 26.9. The van der Waals surface area contributed by atoms with Crippen molar-refractivity contribution in [2.75, 3.05) is 6.61 Å². The zero-order valence-corrected chi connectivity index (χ0v) is 11.5. The third-order valence-corrected chi connectivity index (χ3v) is 2.77. The van der Waals surface area contributed by atoms with E-state index in [-0.39, 0.29) is 12.8 Å². The van der Waals surface area contributed by atoms with Crippen molar-refractivity contribution < 1.29 is 19.1 Å². The first kappa shape index (κ1) is 14.0. The highest BCUT2D eigenvalue weighted by atomic mass is 16.5. The minimum absolute atomic E-state index is 0.000904. The van der Waals surface area contributed by atoms with Crippen LogP contribution in [-0.4, -0.2) is 28.1 Å². The molecule has 0 atom stereocenters. The molecular weight excluding hydrogens is 260 g/mol. The Morgan fingerprint density at radius 2 is 2.00 bits per heavy atom. The Bertz CT molecular complexity index is 633. The van der Waals surface area contributed by atoms with E-state index in [9.17, 15) is 9.59 Å². The second-order valence-electron chi connectivity index (χ2n) is 4.29. The number of ether oxygens (including phenoxy) is 2. The largest absolute Gasteiger partial charge is 0.466 e. The van der Waals surface area contributed by atoms with Crippen molar-refractivity contribution in [1.29, 1.82) is 0 Å². The Balaban J connectivity index is 1.94. The van der Waals surface area contributed by atoms with Crippen molar-refractivity contribution >= 4 is 23.0 Å². The van der Waals surface area contributed by atoms with E-state index in [1.165, 1.54) is 0 Å². The lowest BCUT2D eigenvalue weighted by Gasteiger charge is -2.04. The van der Waals surface area contributed by atoms with Gasteiger partial charge in [0.1, 0.15) is 5.75 Å². The number of hydrogen-bond donors (Lipinski definition) is 0. The number of fused-ring (bicyclic) bond motifs is 1. The SMILES string of the molecule is CCOC(=O)CCC(=O)Oc1ccc2c(c1)ncn2C. The minimum atomic E-state index is -0.465. The Morgan fingerprint density at radius 1 is 1.25 bits per heavy atom. The second-order valence-corrected chi connectivity index (χ2v) is 4.29. The molecule has 0 fully saturated rings. The third kappa shape index (κ3) is 3.34. The fraction of sp³-hybridized carbons (Fsp3) is 0.357. The number of carbonyl (C=O) groups is 2. The summed E-state index contributed by atoms with van der Waals surface area (Å²) in [7, 11) is 1.89. The lowest BCUT2D eigenvalue weighted by molar-refractivity contribution is -0.146. The highest BCUT2D eigenvalue weighted by molar-refractivity contribution is 5.81. The van der Waals surface area contributed by atoms with Crippen molar-refractivity contribution in [2.45, 2.75) is 19.8 Å². The van der Waals surface area contributed by atoms with Gasteiger partial charge in [-0.3, -0.25) is 9.59 Å². The Morgan fingerprint density at radius 3 is 2.75 bits per heavy atom. The topological polar surface area (TPSA) is 70.4 Å². The van der Waals surface area contributed by atoms with Crippen LogP contribution in [0, 0.1) is 0 Å². The average molecular weight is 276 g/mol. The van der Waals surface area contributed by atoms with Crippen molar-refractivity contribution in [3.63, 3.8) is 0 Å². The van der Waals surface area contributed by atoms with E-state index in [0.29, 0.717) is 12.4 Å². The van der Waals surface area contributed by atoms with E-state index < -0.39 is 11.9 Å². The predicted octanol–water partition coefficient (Wildman–Crippen LogP) is 1.82. The van der Waals surface area contributed by atoms with Gasteiger partial charge in [0.05, 0.1) is 36.8 Å². The molecule has 0 aliphatic rings. The molecule has 1 aromatic carbocycles. The molecule has 1 heterocycles. The van der Waals surface area contributed by atoms with Crippen LogP contribution in [0.25, 0.3) is 11.0 Å². The number of carbonyl (C=O) groups excluding carboxylic acids is 2. The number of hydrogen-bond acceptors (Lipinski definition) is 5. The lowest BCUT2D eigenvalue weighted by Crippen LogP contribution is -2.12. The smallest absolute Gasteiger partial charge is 0.311 e. The van der Waals surface area contributed by atoms with Crippen LogP contribution in [0.2, 0.25) is 0 Å². The molecule has 0 aliphatic heterocycles. The van der Waals surface area contributed by atoms with Crippen molar-refractivity contribution in [3.05, 3.63) is 24.5 Å². The van der Waals surface area contributed by atoms with Crippen LogP contribution in [-0.2, 0) is 21.4 Å². The molecule has 0 saturated heterocycles. The maximum absolute atomic E-state index is 11.6. The molecule has 6 heteroatoms. The zero-order chi connectivity index (χ0) is 14.5. The molecule has 1 aromatic heterocycles. The molecule has 0 unspecified atom stereocenters. The Hall–Kier alpha value is -2.37. The van der Waals surface area contributed by atoms with Gasteiger partial charge in [0.2, 0.25) is 0 Å². The fourth-order valence-corrected chi connectivity index (χ4v) is 1.80. The summed E-state index contributed by atoms with van der Waals surface area (Å²) in [5.74, 6) is -0.442. The van der Waals surface area contributed by atoms with Crippen LogP contribution in [0.15, 0.2) is 24.5 Å². The molecule has 2 aromatic rings. The maximum atomic E-state index is 11.6. The van der Waals surface area contributed by atoms with E-state index in [2.05, 4.69) is 4.98 Å². The number of aromatic nitrogens is 2. The van der Waals surface area contributed by atoms with Gasteiger partial charge < -0.3 is 14.0 Å². The number of benzene rings is 1. The molecule has 6 nitrogen and oxygen atoms in total. The van der Waals surface area contributed by atoms with E-state index in [0.717, 1.165) is 11.0 Å². The normalized spacial score (nSPS) is 10.5. The average Bonchev–Trinajstić information content (AvgIpc) is 2.78. The minimum Gasteiger partial charge on any atom is -0.466 e. The summed E-state index contributed by atoms with van der Waals surface area (Å²) < 4.78 is 11.8. The summed E-state index contributed by atoms with van der Waals surface area (Å²) in [6, 6.07) is 5.22. The van der Waals surface area contributed by atoms with Crippen molar-refractivity contribution in [3.8, 4) is 5.75 Å². The first-order chi connectivity index (χ1) is 9.60. The van der Waals surface area contributed by atoms with Crippen LogP contribution >= 0.6 is 0 Å². The molecule has 0 spiro atoms. The van der Waals surface area contributed by atoms with Crippen molar-refractivity contribution in [1.82, 2.24) is 9.55 Å². The summed E-state index contributed by atoms with van der Waals surface area (Å²) in [5.41, 5.74) is 1.71. The number of aryl methyl sites for hydroxylation is 1. The Labute approximate surface area is 116 Å². The van der Waals surface area contributed by atoms with Gasteiger partial charge in [-0.2, -0.15) is 0 Å². The van der Waals surface area contributed by atoms with Gasteiger partial charge in [0.25, 0.3) is 0 Å².